The van der Waals surface area contributed by atoms with E-state index in [1.54, 1.807) is 13.0 Å². The van der Waals surface area contributed by atoms with Gasteiger partial charge in [-0.05, 0) is 13.0 Å². The Morgan fingerprint density at radius 2 is 2.50 bits per heavy atom. The van der Waals surface area contributed by atoms with Gasteiger partial charge in [0.05, 0.1) is 0 Å². The first-order valence-electron chi connectivity index (χ1n) is 1.57. The molecule has 0 aliphatic heterocycles. The molecule has 0 aromatic rings. The largest absolute Gasteiger partial charge is 0.340 e. The third-order valence-corrected chi connectivity index (χ3v) is 0.287. The minimum atomic E-state index is 1.06. The maximum Gasteiger partial charge on any atom is 0.171 e. The molecule has 0 aliphatic carbocycles. The Kier molecular flexibility index (Phi) is 3.77. The number of hydrogen-bond acceptors (Lipinski definition) is 2. The van der Waals surface area contributed by atoms with Crippen LogP contribution in [0.3, 0.4) is 0 Å². The third-order valence-electron chi connectivity index (χ3n) is 0.287. The number of rotatable bonds is 1. The van der Waals surface area contributed by atoms with Crippen molar-refractivity contribution in [1.29, 1.82) is 0 Å². The molecule has 0 atom stereocenters. The average molecular weight is 86.1 g/mol. The fraction of sp³-hybridized carbons (Fsp3) is 0.250. The van der Waals surface area contributed by atoms with Crippen molar-refractivity contribution in [1.82, 2.24) is 0 Å². The molecule has 0 aromatic carbocycles. The standard InChI is InChI=1S/C4H6O2/c1-2-3-4-6-5/h2,4-5H,1H3. The highest BCUT2D eigenvalue weighted by molar-refractivity contribution is 4.72. The van der Waals surface area contributed by atoms with Gasteiger partial charge in [-0.3, -0.25) is 0 Å². The Balaban J connectivity index is 3.18. The van der Waals surface area contributed by atoms with Crippen molar-refractivity contribution in [2.75, 3.05) is 0 Å². The highest BCUT2D eigenvalue weighted by atomic mass is 17.1. The van der Waals surface area contributed by atoms with Crippen molar-refractivity contribution in [2.45, 2.75) is 6.92 Å². The minimum Gasteiger partial charge on any atom is -0.340 e. The molecule has 0 fully saturated rings. The molecule has 0 aliphatic rings. The second-order valence-electron chi connectivity index (χ2n) is 0.679. The summed E-state index contributed by atoms with van der Waals surface area (Å²) in [6, 6.07) is 0. The van der Waals surface area contributed by atoms with Crippen molar-refractivity contribution in [3.8, 4) is 0 Å². The van der Waals surface area contributed by atoms with E-state index in [-0.39, 0.29) is 0 Å². The highest BCUT2D eigenvalue weighted by Gasteiger charge is 1.49. The summed E-state index contributed by atoms with van der Waals surface area (Å²) in [7, 11) is 0. The van der Waals surface area contributed by atoms with Crippen LogP contribution in [0.15, 0.2) is 18.1 Å². The molecule has 0 saturated carbocycles. The van der Waals surface area contributed by atoms with Gasteiger partial charge in [0.1, 0.15) is 0 Å². The van der Waals surface area contributed by atoms with Gasteiger partial charge in [0.2, 0.25) is 0 Å². The topological polar surface area (TPSA) is 29.5 Å². The zero-order valence-electron chi connectivity index (χ0n) is 3.51. The highest BCUT2D eigenvalue weighted by Crippen LogP contribution is 1.62. The molecule has 6 heavy (non-hydrogen) atoms. The van der Waals surface area contributed by atoms with Crippen molar-refractivity contribution in [3.63, 3.8) is 0 Å². The maximum absolute atomic E-state index is 7.56. The van der Waals surface area contributed by atoms with Crippen molar-refractivity contribution >= 4 is 0 Å². The van der Waals surface area contributed by atoms with E-state index < -0.39 is 0 Å². The lowest BCUT2D eigenvalue weighted by molar-refractivity contribution is -0.186. The van der Waals surface area contributed by atoms with Crippen molar-refractivity contribution in [2.24, 2.45) is 0 Å². The lowest BCUT2D eigenvalue weighted by Crippen LogP contribution is -1.58. The van der Waals surface area contributed by atoms with Gasteiger partial charge >= 0.3 is 0 Å². The van der Waals surface area contributed by atoms with E-state index in [1.807, 2.05) is 0 Å². The van der Waals surface area contributed by atoms with E-state index in [0.29, 0.717) is 0 Å². The molecule has 0 bridgehead atoms. The van der Waals surface area contributed by atoms with Crippen LogP contribution in [-0.2, 0) is 4.89 Å². The summed E-state index contributed by atoms with van der Waals surface area (Å²) in [5.41, 5.74) is 2.48. The fourth-order valence-corrected chi connectivity index (χ4v) is 0.0985. The molecule has 2 heteroatoms. The van der Waals surface area contributed by atoms with Gasteiger partial charge in [-0.15, -0.1) is 0 Å². The molecular weight excluding hydrogens is 80.0 g/mol. The first-order chi connectivity index (χ1) is 2.91. The Bertz CT molecular complexity index is 69.6. The molecule has 0 radical (unpaired) electrons. The first kappa shape index (κ1) is 5.28. The predicted molar refractivity (Wildman–Crippen MR) is 22.0 cm³/mol. The van der Waals surface area contributed by atoms with E-state index in [9.17, 15) is 0 Å². The van der Waals surface area contributed by atoms with Gasteiger partial charge in [-0.1, -0.05) is 5.73 Å². The molecule has 0 unspecified atom stereocenters. The van der Waals surface area contributed by atoms with Gasteiger partial charge in [0.25, 0.3) is 0 Å². The summed E-state index contributed by atoms with van der Waals surface area (Å²) in [5, 5.41) is 7.56. The second kappa shape index (κ2) is 4.28. The van der Waals surface area contributed by atoms with Gasteiger partial charge in [0.15, 0.2) is 6.26 Å². The quantitative estimate of drug-likeness (QED) is 0.224. The lowest BCUT2D eigenvalue weighted by atomic mass is 10.7. The number of hydrogen-bond donors (Lipinski definition) is 1. The molecule has 0 aromatic heterocycles. The smallest absolute Gasteiger partial charge is 0.171 e. The summed E-state index contributed by atoms with van der Waals surface area (Å²) < 4.78 is 0. The number of allylic oxidation sites excluding steroid dienone is 1. The van der Waals surface area contributed by atoms with Crippen LogP contribution < -0.4 is 0 Å². The van der Waals surface area contributed by atoms with Gasteiger partial charge in [-0.2, -0.15) is 0 Å². The van der Waals surface area contributed by atoms with E-state index in [0.717, 1.165) is 6.26 Å². The summed E-state index contributed by atoms with van der Waals surface area (Å²) in [6.45, 7) is 1.77. The summed E-state index contributed by atoms with van der Waals surface area (Å²) >= 11 is 0. The van der Waals surface area contributed by atoms with E-state index in [2.05, 4.69) is 10.6 Å². The summed E-state index contributed by atoms with van der Waals surface area (Å²) in [4.78, 5) is 3.51. The Labute approximate surface area is 36.3 Å². The van der Waals surface area contributed by atoms with Crippen LogP contribution in [0.1, 0.15) is 6.92 Å². The molecule has 0 spiro atoms. The van der Waals surface area contributed by atoms with E-state index in [1.165, 1.54) is 0 Å². The zero-order valence-corrected chi connectivity index (χ0v) is 3.51. The van der Waals surface area contributed by atoms with Crippen molar-refractivity contribution in [3.05, 3.63) is 18.1 Å². The SMILES string of the molecule is CC=C=COO. The Hall–Kier alpha value is -0.720. The van der Waals surface area contributed by atoms with Crippen LogP contribution in [-0.4, -0.2) is 5.26 Å². The molecule has 0 heterocycles. The summed E-state index contributed by atoms with van der Waals surface area (Å²) in [5.74, 6) is 0. The normalized spacial score (nSPS) is 5.67. The monoisotopic (exact) mass is 86.0 g/mol. The zero-order chi connectivity index (χ0) is 4.83. The molecule has 1 N–H and O–H groups in total. The molecule has 34 valence electrons. The van der Waals surface area contributed by atoms with Crippen LogP contribution in [0.2, 0.25) is 0 Å². The van der Waals surface area contributed by atoms with Crippen LogP contribution in [0, 0.1) is 0 Å². The molecule has 0 amide bonds. The Morgan fingerprint density at radius 1 is 1.83 bits per heavy atom. The fourth-order valence-electron chi connectivity index (χ4n) is 0.0985. The minimum absolute atomic E-state index is 1.06. The average Bonchev–Trinajstić information content (AvgIpc) is 1.61. The Morgan fingerprint density at radius 3 is 2.67 bits per heavy atom. The third kappa shape index (κ3) is 3.28. The molecular formula is C4H6O2. The molecule has 2 nitrogen and oxygen atoms in total. The maximum atomic E-state index is 7.56. The molecule has 0 saturated heterocycles. The summed E-state index contributed by atoms with van der Waals surface area (Å²) in [6.07, 6.45) is 2.68. The van der Waals surface area contributed by atoms with Crippen LogP contribution >= 0.6 is 0 Å². The second-order valence-corrected chi connectivity index (χ2v) is 0.679. The van der Waals surface area contributed by atoms with Crippen LogP contribution in [0.4, 0.5) is 0 Å². The van der Waals surface area contributed by atoms with E-state index >= 15 is 0 Å². The van der Waals surface area contributed by atoms with Gasteiger partial charge in [0, 0.05) is 0 Å². The van der Waals surface area contributed by atoms with E-state index in [4.69, 9.17) is 5.26 Å². The first-order valence-corrected chi connectivity index (χ1v) is 1.57. The lowest BCUT2D eigenvalue weighted by Gasteiger charge is -1.70. The van der Waals surface area contributed by atoms with Gasteiger partial charge < -0.3 is 4.89 Å². The predicted octanol–water partition coefficient (Wildman–Crippen LogP) is 1.16. The van der Waals surface area contributed by atoms with Crippen LogP contribution in [0.5, 0.6) is 0 Å². The van der Waals surface area contributed by atoms with Crippen LogP contribution in [0.25, 0.3) is 0 Å². The van der Waals surface area contributed by atoms with Crippen molar-refractivity contribution < 1.29 is 10.1 Å². The molecule has 0 rings (SSSR count). The van der Waals surface area contributed by atoms with Gasteiger partial charge in [-0.25, -0.2) is 5.26 Å².